The third kappa shape index (κ3) is 4.35. The monoisotopic (exact) mass is 484 g/mol. The van der Waals surface area contributed by atoms with Crippen LogP contribution < -0.4 is 0 Å². The van der Waals surface area contributed by atoms with Gasteiger partial charge in [0.15, 0.2) is 5.76 Å². The third-order valence-electron chi connectivity index (χ3n) is 5.75. The minimum atomic E-state index is -0.346. The summed E-state index contributed by atoms with van der Waals surface area (Å²) >= 11 is 1.28. The van der Waals surface area contributed by atoms with E-state index in [2.05, 4.69) is 20.6 Å². The molecule has 0 N–H and O–H groups in total. The van der Waals surface area contributed by atoms with Crippen molar-refractivity contribution in [3.05, 3.63) is 96.1 Å². The predicted molar refractivity (Wildman–Crippen MR) is 130 cm³/mol. The van der Waals surface area contributed by atoms with E-state index in [1.807, 2.05) is 72.8 Å². The zero-order valence-electron chi connectivity index (χ0n) is 18.5. The molecule has 0 unspecified atom stereocenters. The molecule has 174 valence electrons. The van der Waals surface area contributed by atoms with Crippen molar-refractivity contribution in [2.24, 2.45) is 5.10 Å². The summed E-state index contributed by atoms with van der Waals surface area (Å²) in [5.74, 6) is 1.28. The number of carbonyl (C=O) groups is 1. The second-order valence-electron chi connectivity index (χ2n) is 8.06. The molecule has 0 bridgehead atoms. The van der Waals surface area contributed by atoms with E-state index >= 15 is 0 Å². The number of tetrazole rings is 1. The van der Waals surface area contributed by atoms with Crippen molar-refractivity contribution in [3.8, 4) is 0 Å². The highest BCUT2D eigenvalue weighted by Gasteiger charge is 2.36. The molecular formula is C25H20N6O3S. The van der Waals surface area contributed by atoms with E-state index in [0.29, 0.717) is 35.4 Å². The lowest BCUT2D eigenvalue weighted by atomic mass is 10.1. The van der Waals surface area contributed by atoms with Gasteiger partial charge in [0, 0.05) is 11.8 Å². The standard InChI is InChI=1S/C25H20N6O3S/c32-24(16-35-25-26-28-29-30(25)15-17-7-2-1-3-8-17)31-20(22-11-6-12-33-22)14-19(27-31)23-13-18-9-4-5-10-21(18)34-23/h1-13,20H,14-16H2/t20-/m1/s1. The fourth-order valence-corrected chi connectivity index (χ4v) is 4.79. The molecule has 2 aromatic carbocycles. The van der Waals surface area contributed by atoms with Crippen molar-refractivity contribution in [2.45, 2.75) is 24.2 Å². The number of rotatable bonds is 7. The Morgan fingerprint density at radius 3 is 2.74 bits per heavy atom. The van der Waals surface area contributed by atoms with Crippen LogP contribution in [0.5, 0.6) is 0 Å². The summed E-state index contributed by atoms with van der Waals surface area (Å²) in [6.45, 7) is 0.525. The van der Waals surface area contributed by atoms with Crippen LogP contribution in [-0.4, -0.2) is 42.6 Å². The summed E-state index contributed by atoms with van der Waals surface area (Å²) < 4.78 is 13.3. The quantitative estimate of drug-likeness (QED) is 0.313. The number of aromatic nitrogens is 4. The average molecular weight is 485 g/mol. The Morgan fingerprint density at radius 2 is 1.91 bits per heavy atom. The lowest BCUT2D eigenvalue weighted by molar-refractivity contribution is -0.130. The van der Waals surface area contributed by atoms with Crippen LogP contribution in [0.1, 0.15) is 29.5 Å². The fourth-order valence-electron chi connectivity index (χ4n) is 4.06. The largest absolute Gasteiger partial charge is 0.467 e. The summed E-state index contributed by atoms with van der Waals surface area (Å²) in [5, 5.41) is 19.6. The van der Waals surface area contributed by atoms with Gasteiger partial charge < -0.3 is 8.83 Å². The highest BCUT2D eigenvalue weighted by atomic mass is 32.2. The zero-order valence-corrected chi connectivity index (χ0v) is 19.3. The van der Waals surface area contributed by atoms with Crippen LogP contribution in [0.3, 0.4) is 0 Å². The smallest absolute Gasteiger partial charge is 0.253 e. The third-order valence-corrected chi connectivity index (χ3v) is 6.69. The predicted octanol–water partition coefficient (Wildman–Crippen LogP) is 4.53. The number of carbonyl (C=O) groups excluding carboxylic acids is 1. The van der Waals surface area contributed by atoms with Gasteiger partial charge >= 0.3 is 0 Å². The second kappa shape index (κ2) is 9.22. The molecule has 0 aliphatic carbocycles. The maximum Gasteiger partial charge on any atom is 0.253 e. The number of amides is 1. The summed E-state index contributed by atoms with van der Waals surface area (Å²) in [6, 6.07) is 23.0. The molecule has 0 fully saturated rings. The number of para-hydroxylation sites is 1. The van der Waals surface area contributed by atoms with E-state index in [1.165, 1.54) is 16.8 Å². The van der Waals surface area contributed by atoms with Gasteiger partial charge in [0.05, 0.1) is 18.6 Å². The molecule has 0 spiro atoms. The number of hydrazone groups is 1. The molecule has 1 aliphatic rings. The maximum absolute atomic E-state index is 13.3. The molecule has 0 saturated carbocycles. The van der Waals surface area contributed by atoms with Gasteiger partial charge in [0.25, 0.3) is 5.91 Å². The Hall–Kier alpha value is -4.18. The van der Waals surface area contributed by atoms with Gasteiger partial charge in [-0.3, -0.25) is 4.79 Å². The molecule has 1 aliphatic heterocycles. The number of hydrogen-bond donors (Lipinski definition) is 0. The maximum atomic E-state index is 13.3. The van der Waals surface area contributed by atoms with E-state index in [1.54, 1.807) is 10.9 Å². The average Bonchev–Trinajstić information content (AvgIpc) is 3.68. The van der Waals surface area contributed by atoms with Gasteiger partial charge in [-0.1, -0.05) is 60.3 Å². The van der Waals surface area contributed by atoms with Crippen LogP contribution in [0.15, 0.2) is 98.2 Å². The van der Waals surface area contributed by atoms with E-state index in [0.717, 1.165) is 16.5 Å². The first-order valence-corrected chi connectivity index (χ1v) is 12.1. The Balaban J connectivity index is 1.22. The summed E-state index contributed by atoms with van der Waals surface area (Å²) in [6.07, 6.45) is 2.10. The SMILES string of the molecule is O=C(CSc1nnnn1Cc1ccccc1)N1N=C(c2cc3ccccc3o2)C[C@@H]1c1ccco1. The first kappa shape index (κ1) is 21.4. The minimum absolute atomic E-state index is 0.128. The Labute approximate surface area is 204 Å². The number of benzene rings is 2. The van der Waals surface area contributed by atoms with Crippen LogP contribution >= 0.6 is 11.8 Å². The highest BCUT2D eigenvalue weighted by Crippen LogP contribution is 2.35. The fraction of sp³-hybridized carbons (Fsp3) is 0.160. The number of hydrogen-bond acceptors (Lipinski definition) is 8. The topological polar surface area (TPSA) is 103 Å². The van der Waals surface area contributed by atoms with Crippen molar-refractivity contribution < 1.29 is 13.6 Å². The molecule has 4 heterocycles. The van der Waals surface area contributed by atoms with Crippen LogP contribution in [0.4, 0.5) is 0 Å². The van der Waals surface area contributed by atoms with Crippen LogP contribution in [0, 0.1) is 0 Å². The molecule has 9 nitrogen and oxygen atoms in total. The van der Waals surface area contributed by atoms with Crippen molar-refractivity contribution in [3.63, 3.8) is 0 Å². The van der Waals surface area contributed by atoms with E-state index < -0.39 is 0 Å². The van der Waals surface area contributed by atoms with Gasteiger partial charge in [0.1, 0.15) is 23.1 Å². The van der Waals surface area contributed by atoms with Gasteiger partial charge in [-0.15, -0.1) is 5.10 Å². The Morgan fingerprint density at radius 1 is 1.06 bits per heavy atom. The lowest BCUT2D eigenvalue weighted by Crippen LogP contribution is -2.28. The summed E-state index contributed by atoms with van der Waals surface area (Å²) in [5.41, 5.74) is 2.56. The second-order valence-corrected chi connectivity index (χ2v) is 9.00. The molecule has 1 amide bonds. The highest BCUT2D eigenvalue weighted by molar-refractivity contribution is 7.99. The minimum Gasteiger partial charge on any atom is -0.467 e. The summed E-state index contributed by atoms with van der Waals surface area (Å²) in [7, 11) is 0. The lowest BCUT2D eigenvalue weighted by Gasteiger charge is -2.19. The zero-order chi connectivity index (χ0) is 23.6. The van der Waals surface area contributed by atoms with E-state index in [4.69, 9.17) is 8.83 Å². The molecule has 0 radical (unpaired) electrons. The molecule has 35 heavy (non-hydrogen) atoms. The first-order valence-electron chi connectivity index (χ1n) is 11.1. The van der Waals surface area contributed by atoms with Crippen molar-refractivity contribution in [1.29, 1.82) is 0 Å². The number of thioether (sulfide) groups is 1. The molecule has 5 aromatic rings. The first-order chi connectivity index (χ1) is 17.2. The van der Waals surface area contributed by atoms with E-state index in [-0.39, 0.29) is 17.7 Å². The molecule has 0 saturated heterocycles. The molecule has 1 atom stereocenters. The van der Waals surface area contributed by atoms with Crippen LogP contribution in [0.2, 0.25) is 0 Å². The Bertz CT molecular complexity index is 1460. The normalized spacial score (nSPS) is 15.6. The molecular weight excluding hydrogens is 464 g/mol. The number of nitrogens with zero attached hydrogens (tertiary/aromatic N) is 6. The van der Waals surface area contributed by atoms with Crippen LogP contribution in [-0.2, 0) is 11.3 Å². The van der Waals surface area contributed by atoms with Gasteiger partial charge in [0.2, 0.25) is 5.16 Å². The number of furan rings is 2. The Kier molecular flexibility index (Phi) is 5.63. The van der Waals surface area contributed by atoms with Gasteiger partial charge in [-0.25, -0.2) is 9.69 Å². The molecule has 10 heteroatoms. The van der Waals surface area contributed by atoms with Crippen molar-refractivity contribution in [2.75, 3.05) is 5.75 Å². The molecule has 6 rings (SSSR count). The van der Waals surface area contributed by atoms with Crippen molar-refractivity contribution in [1.82, 2.24) is 25.2 Å². The molecule has 3 aromatic heterocycles. The van der Waals surface area contributed by atoms with Gasteiger partial charge in [-0.2, -0.15) is 5.10 Å². The number of fused-ring (bicyclic) bond motifs is 1. The van der Waals surface area contributed by atoms with Crippen LogP contribution in [0.25, 0.3) is 11.0 Å². The summed E-state index contributed by atoms with van der Waals surface area (Å²) in [4.78, 5) is 13.3. The van der Waals surface area contributed by atoms with Crippen molar-refractivity contribution >= 4 is 34.3 Å². The van der Waals surface area contributed by atoms with E-state index in [9.17, 15) is 4.79 Å². The van der Waals surface area contributed by atoms with Gasteiger partial charge in [-0.05, 0) is 40.3 Å².